The average Bonchev–Trinajstić information content (AvgIpc) is 3.29. The zero-order valence-corrected chi connectivity index (χ0v) is 25.9. The predicted octanol–water partition coefficient (Wildman–Crippen LogP) is 4.98. The normalized spacial score (nSPS) is 17.7. The molecule has 2 aromatic carbocycles. The highest BCUT2D eigenvalue weighted by Gasteiger charge is 2.44. The number of para-hydroxylation sites is 1. The third-order valence-electron chi connectivity index (χ3n) is 6.45. The highest BCUT2D eigenvalue weighted by atomic mass is 32.2. The van der Waals surface area contributed by atoms with Gasteiger partial charge in [-0.25, -0.2) is 17.9 Å². The lowest BCUT2D eigenvalue weighted by molar-refractivity contribution is -0.159. The van der Waals surface area contributed by atoms with Crippen LogP contribution >= 0.6 is 0 Å². The Morgan fingerprint density at radius 3 is 2.24 bits per heavy atom. The van der Waals surface area contributed by atoms with Gasteiger partial charge in [-0.3, -0.25) is 9.78 Å². The fraction of sp³-hybridized carbons (Fsp3) is 0.452. The molecule has 42 heavy (non-hydrogen) atoms. The van der Waals surface area contributed by atoms with Gasteiger partial charge in [0.2, 0.25) is 10.0 Å². The van der Waals surface area contributed by atoms with Crippen LogP contribution in [0.1, 0.15) is 52.8 Å². The first-order chi connectivity index (χ1) is 19.5. The number of carbonyl (C=O) groups excluding carboxylic acids is 2. The number of aromatic nitrogens is 1. The van der Waals surface area contributed by atoms with Gasteiger partial charge in [0.05, 0.1) is 22.4 Å². The number of carbonyl (C=O) groups is 2. The van der Waals surface area contributed by atoms with Crippen molar-refractivity contribution in [2.75, 3.05) is 13.1 Å². The number of esters is 1. The van der Waals surface area contributed by atoms with Gasteiger partial charge in [-0.2, -0.15) is 0 Å². The maximum Gasteiger partial charge on any atom is 0.410 e. The molecule has 4 rings (SSSR count). The smallest absolute Gasteiger partial charge is 0.410 e. The van der Waals surface area contributed by atoms with Crippen molar-refractivity contribution >= 4 is 33.0 Å². The Morgan fingerprint density at radius 2 is 1.60 bits per heavy atom. The predicted molar refractivity (Wildman–Crippen MR) is 159 cm³/mol. The van der Waals surface area contributed by atoms with Crippen LogP contribution in [0, 0.1) is 12.8 Å². The zero-order valence-electron chi connectivity index (χ0n) is 25.1. The van der Waals surface area contributed by atoms with E-state index in [0.29, 0.717) is 5.75 Å². The molecule has 1 aliphatic heterocycles. The molecule has 1 aromatic heterocycles. The van der Waals surface area contributed by atoms with Crippen molar-refractivity contribution in [1.82, 2.24) is 14.6 Å². The molecule has 0 unspecified atom stereocenters. The zero-order chi connectivity index (χ0) is 30.9. The number of fused-ring (bicyclic) bond motifs is 1. The Kier molecular flexibility index (Phi) is 8.84. The lowest BCUT2D eigenvalue weighted by Gasteiger charge is -2.25. The van der Waals surface area contributed by atoms with Gasteiger partial charge in [0, 0.05) is 29.7 Å². The number of ether oxygens (including phenoxy) is 3. The second kappa shape index (κ2) is 11.9. The molecular formula is C31H39N3O7S. The molecule has 3 aromatic rings. The number of rotatable bonds is 7. The first kappa shape index (κ1) is 31.2. The van der Waals surface area contributed by atoms with Crippen molar-refractivity contribution < 1.29 is 32.2 Å². The fourth-order valence-electron chi connectivity index (χ4n) is 4.67. The van der Waals surface area contributed by atoms with E-state index in [1.165, 1.54) is 17.0 Å². The molecule has 1 N–H and O–H groups in total. The highest BCUT2D eigenvalue weighted by molar-refractivity contribution is 7.89. The van der Waals surface area contributed by atoms with E-state index in [0.717, 1.165) is 22.2 Å². The van der Waals surface area contributed by atoms with Crippen LogP contribution in [0.2, 0.25) is 0 Å². The number of amides is 1. The molecule has 11 heteroatoms. The van der Waals surface area contributed by atoms with E-state index in [-0.39, 0.29) is 24.6 Å². The molecule has 1 aliphatic rings. The Labute approximate surface area is 247 Å². The quantitative estimate of drug-likeness (QED) is 0.379. The Morgan fingerprint density at radius 1 is 0.952 bits per heavy atom. The summed E-state index contributed by atoms with van der Waals surface area (Å²) in [7, 11) is -4.06. The number of likely N-dealkylation sites (tertiary alicyclic amines) is 1. The molecule has 0 aliphatic carbocycles. The molecular weight excluding hydrogens is 558 g/mol. The summed E-state index contributed by atoms with van der Waals surface area (Å²) in [4.78, 5) is 31.6. The fourth-order valence-corrected chi connectivity index (χ4v) is 5.94. The van der Waals surface area contributed by atoms with Gasteiger partial charge in [0.1, 0.15) is 23.6 Å². The Hall–Kier alpha value is -3.70. The van der Waals surface area contributed by atoms with Crippen LogP contribution in [0.3, 0.4) is 0 Å². The van der Waals surface area contributed by atoms with E-state index in [4.69, 9.17) is 14.2 Å². The number of hydrogen-bond acceptors (Lipinski definition) is 8. The molecule has 0 saturated carbocycles. The first-order valence-corrected chi connectivity index (χ1v) is 15.3. The van der Waals surface area contributed by atoms with Crippen molar-refractivity contribution in [3.63, 3.8) is 0 Å². The number of pyridine rings is 1. The largest absolute Gasteiger partial charge is 0.489 e. The maximum atomic E-state index is 13.4. The lowest BCUT2D eigenvalue weighted by atomic mass is 10.0. The number of aryl methyl sites for hydroxylation is 1. The molecule has 0 radical (unpaired) electrons. The second-order valence-corrected chi connectivity index (χ2v) is 14.2. The van der Waals surface area contributed by atoms with Crippen molar-refractivity contribution in [3.05, 3.63) is 65.9 Å². The number of hydrogen-bond donors (Lipinski definition) is 1. The topological polar surface area (TPSA) is 124 Å². The van der Waals surface area contributed by atoms with Gasteiger partial charge in [-0.05, 0) is 84.9 Å². The van der Waals surface area contributed by atoms with Crippen LogP contribution in [-0.2, 0) is 30.9 Å². The van der Waals surface area contributed by atoms with E-state index >= 15 is 0 Å². The third kappa shape index (κ3) is 7.98. The first-order valence-electron chi connectivity index (χ1n) is 13.8. The molecule has 0 bridgehead atoms. The summed E-state index contributed by atoms with van der Waals surface area (Å²) >= 11 is 0. The van der Waals surface area contributed by atoms with Crippen molar-refractivity contribution in [2.24, 2.45) is 5.92 Å². The Balaban J connectivity index is 1.48. The molecule has 10 nitrogen and oxygen atoms in total. The van der Waals surface area contributed by atoms with Gasteiger partial charge in [-0.1, -0.05) is 18.2 Å². The standard InChI is InChI=1S/C31H39N3O7S/c1-20-16-21(24-10-8-9-11-26(24)32-20)19-39-22-12-14-23(15-13-22)42(37,38)33-27-18-34(29(36)41-31(5,6)7)17-25(27)28(35)40-30(2,3)4/h8-16,25,27,33H,17-19H2,1-7H3/t25-,27+/m1/s1. The summed E-state index contributed by atoms with van der Waals surface area (Å²) in [6.07, 6.45) is -0.628. The molecule has 226 valence electrons. The number of benzene rings is 2. The summed E-state index contributed by atoms with van der Waals surface area (Å²) in [6, 6.07) is 14.9. The van der Waals surface area contributed by atoms with Gasteiger partial charge in [0.25, 0.3) is 0 Å². The number of nitrogens with zero attached hydrogens (tertiary/aromatic N) is 2. The summed E-state index contributed by atoms with van der Waals surface area (Å²) in [5.41, 5.74) is 1.20. The lowest BCUT2D eigenvalue weighted by Crippen LogP contribution is -2.44. The van der Waals surface area contributed by atoms with Crippen LogP contribution in [0.4, 0.5) is 4.79 Å². The van der Waals surface area contributed by atoms with E-state index in [9.17, 15) is 18.0 Å². The molecule has 1 saturated heterocycles. The highest BCUT2D eigenvalue weighted by Crippen LogP contribution is 2.26. The molecule has 2 heterocycles. The van der Waals surface area contributed by atoms with Gasteiger partial charge >= 0.3 is 12.1 Å². The van der Waals surface area contributed by atoms with Crippen LogP contribution in [-0.4, -0.2) is 60.7 Å². The molecule has 1 amide bonds. The third-order valence-corrected chi connectivity index (χ3v) is 7.95. The molecule has 1 fully saturated rings. The van der Waals surface area contributed by atoms with E-state index < -0.39 is 45.2 Å². The van der Waals surface area contributed by atoms with Gasteiger partial charge in [0.15, 0.2) is 0 Å². The van der Waals surface area contributed by atoms with Crippen molar-refractivity contribution in [3.8, 4) is 5.75 Å². The van der Waals surface area contributed by atoms with E-state index in [1.807, 2.05) is 37.3 Å². The summed E-state index contributed by atoms with van der Waals surface area (Å²) in [6.45, 7) is 12.5. The number of sulfonamides is 1. The molecule has 2 atom stereocenters. The van der Waals surface area contributed by atoms with E-state index in [2.05, 4.69) is 9.71 Å². The van der Waals surface area contributed by atoms with Crippen LogP contribution in [0.25, 0.3) is 10.9 Å². The number of nitrogens with one attached hydrogen (secondary N) is 1. The second-order valence-electron chi connectivity index (χ2n) is 12.5. The maximum absolute atomic E-state index is 13.4. The minimum absolute atomic E-state index is 0.00119. The monoisotopic (exact) mass is 597 g/mol. The van der Waals surface area contributed by atoms with Crippen LogP contribution < -0.4 is 9.46 Å². The van der Waals surface area contributed by atoms with Crippen LogP contribution in [0.15, 0.2) is 59.5 Å². The van der Waals surface area contributed by atoms with Crippen LogP contribution in [0.5, 0.6) is 5.75 Å². The summed E-state index contributed by atoms with van der Waals surface area (Å²) in [5.74, 6) is -1.01. The van der Waals surface area contributed by atoms with Gasteiger partial charge < -0.3 is 19.1 Å². The average molecular weight is 598 g/mol. The minimum Gasteiger partial charge on any atom is -0.489 e. The van der Waals surface area contributed by atoms with Crippen molar-refractivity contribution in [2.45, 2.75) is 77.2 Å². The van der Waals surface area contributed by atoms with Crippen molar-refractivity contribution in [1.29, 1.82) is 0 Å². The Bertz CT molecular complexity index is 1560. The van der Waals surface area contributed by atoms with E-state index in [1.54, 1.807) is 53.7 Å². The summed E-state index contributed by atoms with van der Waals surface area (Å²) in [5, 5.41) is 0.989. The SMILES string of the molecule is Cc1cc(COc2ccc(S(=O)(=O)N[C@H]3CN(C(=O)OC(C)(C)C)C[C@H]3C(=O)OC(C)(C)C)cc2)c2ccccc2n1. The molecule has 0 spiro atoms. The minimum atomic E-state index is -4.06. The van der Waals surface area contributed by atoms with Gasteiger partial charge in [-0.15, -0.1) is 0 Å². The summed E-state index contributed by atoms with van der Waals surface area (Å²) < 4.78 is 46.3.